The van der Waals surface area contributed by atoms with E-state index in [1.165, 1.54) is 4.90 Å². The molecule has 3 aliphatic rings. The molecule has 3 fully saturated rings. The summed E-state index contributed by atoms with van der Waals surface area (Å²) in [4.78, 5) is 48.7. The van der Waals surface area contributed by atoms with Gasteiger partial charge in [-0.25, -0.2) is 0 Å². The number of ether oxygens (including phenoxy) is 1. The largest absolute Gasteiger partial charge is 0.394 e. The van der Waals surface area contributed by atoms with Gasteiger partial charge in [0, 0.05) is 30.1 Å². The fourth-order valence-electron chi connectivity index (χ4n) is 7.41. The molecule has 2 bridgehead atoms. The molecule has 0 aromatic heterocycles. The zero-order valence-electron chi connectivity index (χ0n) is 25.3. The minimum Gasteiger partial charge on any atom is -0.394 e. The highest BCUT2D eigenvalue weighted by molar-refractivity contribution is 9.09. The third-order valence-corrected chi connectivity index (χ3v) is 10.1. The minimum atomic E-state index is -1.24. The molecule has 2 aromatic rings. The van der Waals surface area contributed by atoms with Crippen molar-refractivity contribution in [1.82, 2.24) is 9.80 Å². The number of carbonyl (C=O) groups is 3. The molecule has 9 heteroatoms. The molecule has 5 rings (SSSR count). The van der Waals surface area contributed by atoms with Crippen molar-refractivity contribution in [2.75, 3.05) is 31.1 Å². The van der Waals surface area contributed by atoms with Crippen molar-refractivity contribution in [1.29, 1.82) is 0 Å². The van der Waals surface area contributed by atoms with Crippen molar-refractivity contribution in [3.63, 3.8) is 0 Å². The number of hydrogen-bond donors (Lipinski definition) is 1. The quantitative estimate of drug-likeness (QED) is 0.177. The molecular weight excluding hydrogens is 622 g/mol. The maximum Gasteiger partial charge on any atom is 0.248 e. The van der Waals surface area contributed by atoms with E-state index < -0.39 is 35.6 Å². The molecule has 8 nitrogen and oxygen atoms in total. The number of hydrogen-bond acceptors (Lipinski definition) is 5. The standard InChI is InChI=1S/C35H42BrN3O5/c1-4-7-14-21-37(19-5-2)34(43)31-35-22-26(36)30(44-35)28(32(41)38(20-6-3)25-17-12-9-13-18-25)29(35)33(42)39(31)27(23-40)24-15-10-8-11-16-24/h5-6,8-13,15-18,26-31,40H,2-4,7,14,19-23H2,1H3/t26?,27-,28+,29+,30+,31?,35?/m1/s1. The lowest BCUT2D eigenvalue weighted by molar-refractivity contribution is -0.151. The summed E-state index contributed by atoms with van der Waals surface area (Å²) >= 11 is 3.78. The number of benzene rings is 2. The summed E-state index contributed by atoms with van der Waals surface area (Å²) in [5.41, 5.74) is 0.168. The molecule has 234 valence electrons. The average molecular weight is 665 g/mol. The van der Waals surface area contributed by atoms with E-state index in [0.29, 0.717) is 30.8 Å². The van der Waals surface area contributed by atoms with Crippen LogP contribution in [-0.2, 0) is 19.1 Å². The van der Waals surface area contributed by atoms with E-state index in [4.69, 9.17) is 4.74 Å². The van der Waals surface area contributed by atoms with Gasteiger partial charge in [0.1, 0.15) is 11.6 Å². The topological polar surface area (TPSA) is 90.4 Å². The third kappa shape index (κ3) is 5.54. The van der Waals surface area contributed by atoms with Gasteiger partial charge in [-0.1, -0.05) is 96.4 Å². The number of halogens is 1. The lowest BCUT2D eigenvalue weighted by atomic mass is 9.70. The van der Waals surface area contributed by atoms with Gasteiger partial charge in [0.25, 0.3) is 0 Å². The molecule has 3 unspecified atom stereocenters. The number of carbonyl (C=O) groups excluding carboxylic acids is 3. The number of para-hydroxylation sites is 1. The Labute approximate surface area is 268 Å². The highest BCUT2D eigenvalue weighted by atomic mass is 79.9. The summed E-state index contributed by atoms with van der Waals surface area (Å²) in [7, 11) is 0. The lowest BCUT2D eigenvalue weighted by Crippen LogP contribution is -2.57. The number of nitrogens with zero attached hydrogens (tertiary/aromatic N) is 3. The third-order valence-electron chi connectivity index (χ3n) is 9.28. The van der Waals surface area contributed by atoms with Gasteiger partial charge in [-0.15, -0.1) is 13.2 Å². The summed E-state index contributed by atoms with van der Waals surface area (Å²) in [6.45, 7) is 10.6. The zero-order valence-corrected chi connectivity index (χ0v) is 26.8. The van der Waals surface area contributed by atoms with Crippen molar-refractivity contribution in [3.05, 3.63) is 91.5 Å². The molecule has 3 aliphatic heterocycles. The first kappa shape index (κ1) is 32.1. The van der Waals surface area contributed by atoms with Gasteiger partial charge in [0.05, 0.1) is 30.6 Å². The first-order chi connectivity index (χ1) is 21.3. The number of unbranched alkanes of at least 4 members (excludes halogenated alkanes) is 2. The van der Waals surface area contributed by atoms with Crippen LogP contribution in [0.3, 0.4) is 0 Å². The Morgan fingerprint density at radius 1 is 1.07 bits per heavy atom. The number of anilines is 1. The van der Waals surface area contributed by atoms with Gasteiger partial charge in [-0.05, 0) is 30.5 Å². The number of rotatable bonds is 14. The van der Waals surface area contributed by atoms with Gasteiger partial charge in [-0.3, -0.25) is 14.4 Å². The predicted molar refractivity (Wildman–Crippen MR) is 174 cm³/mol. The molecule has 1 spiro atoms. The van der Waals surface area contributed by atoms with Crippen LogP contribution < -0.4 is 4.90 Å². The molecule has 2 aromatic carbocycles. The summed E-state index contributed by atoms with van der Waals surface area (Å²) in [5.74, 6) is -2.55. The van der Waals surface area contributed by atoms with Gasteiger partial charge >= 0.3 is 0 Å². The first-order valence-corrected chi connectivity index (χ1v) is 16.4. The molecule has 0 saturated carbocycles. The van der Waals surface area contributed by atoms with Crippen LogP contribution in [-0.4, -0.2) is 81.4 Å². The maximum atomic E-state index is 14.8. The molecule has 7 atom stereocenters. The number of likely N-dealkylation sites (tertiary alicyclic amines) is 1. The van der Waals surface area contributed by atoms with Gasteiger partial charge in [0.15, 0.2) is 0 Å². The second kappa shape index (κ2) is 13.8. The maximum absolute atomic E-state index is 14.8. The van der Waals surface area contributed by atoms with Crippen LogP contribution in [0, 0.1) is 11.8 Å². The number of fused-ring (bicyclic) bond motifs is 1. The predicted octanol–water partition coefficient (Wildman–Crippen LogP) is 4.89. The molecule has 3 saturated heterocycles. The SMILES string of the molecule is C=CCN(CCCCC)C(=O)C1N([C@H](CO)c2ccccc2)C(=O)[C@@H]2[C@H](C(=O)N(CC=C)c3ccccc3)[C@H]3OC12CC3Br. The van der Waals surface area contributed by atoms with Crippen molar-refractivity contribution in [2.45, 2.75) is 61.2 Å². The van der Waals surface area contributed by atoms with Crippen LogP contribution in [0.5, 0.6) is 0 Å². The van der Waals surface area contributed by atoms with Crippen LogP contribution >= 0.6 is 15.9 Å². The van der Waals surface area contributed by atoms with E-state index in [1.54, 1.807) is 22.0 Å². The van der Waals surface area contributed by atoms with E-state index in [9.17, 15) is 19.5 Å². The molecule has 0 radical (unpaired) electrons. The van der Waals surface area contributed by atoms with Gasteiger partial charge in [-0.2, -0.15) is 0 Å². The molecule has 1 N–H and O–H groups in total. The first-order valence-electron chi connectivity index (χ1n) is 15.5. The second-order valence-electron chi connectivity index (χ2n) is 11.9. The van der Waals surface area contributed by atoms with Crippen LogP contribution in [0.1, 0.15) is 44.2 Å². The molecular formula is C35H42BrN3O5. The molecule has 3 heterocycles. The smallest absolute Gasteiger partial charge is 0.248 e. The summed E-state index contributed by atoms with van der Waals surface area (Å²) in [6.07, 6.45) is 5.93. The van der Waals surface area contributed by atoms with Crippen molar-refractivity contribution < 1.29 is 24.2 Å². The van der Waals surface area contributed by atoms with E-state index in [-0.39, 0.29) is 35.7 Å². The van der Waals surface area contributed by atoms with Gasteiger partial charge < -0.3 is 24.5 Å². The summed E-state index contributed by atoms with van der Waals surface area (Å²) in [6, 6.07) is 16.8. The lowest BCUT2D eigenvalue weighted by Gasteiger charge is -2.39. The molecule has 44 heavy (non-hydrogen) atoms. The van der Waals surface area contributed by atoms with E-state index in [2.05, 4.69) is 36.0 Å². The fraction of sp³-hybridized carbons (Fsp3) is 0.457. The van der Waals surface area contributed by atoms with Crippen molar-refractivity contribution >= 4 is 39.3 Å². The Hall–Kier alpha value is -3.27. The zero-order chi connectivity index (χ0) is 31.4. The van der Waals surface area contributed by atoms with Crippen molar-refractivity contribution in [2.24, 2.45) is 11.8 Å². The second-order valence-corrected chi connectivity index (χ2v) is 13.0. The minimum absolute atomic E-state index is 0.241. The number of aliphatic hydroxyl groups excluding tert-OH is 1. The van der Waals surface area contributed by atoms with E-state index >= 15 is 0 Å². The van der Waals surface area contributed by atoms with Crippen LogP contribution in [0.2, 0.25) is 0 Å². The Balaban J connectivity index is 1.62. The van der Waals surface area contributed by atoms with Crippen LogP contribution in [0.4, 0.5) is 5.69 Å². The van der Waals surface area contributed by atoms with Crippen molar-refractivity contribution in [3.8, 4) is 0 Å². The highest BCUT2D eigenvalue weighted by Gasteiger charge is 2.77. The van der Waals surface area contributed by atoms with E-state index in [1.807, 2.05) is 60.7 Å². The fourth-order valence-corrected chi connectivity index (χ4v) is 8.35. The highest BCUT2D eigenvalue weighted by Crippen LogP contribution is 2.61. The Morgan fingerprint density at radius 2 is 1.73 bits per heavy atom. The number of alkyl halides is 1. The average Bonchev–Trinajstić information content (AvgIpc) is 3.64. The molecule has 0 aliphatic carbocycles. The number of aliphatic hydroxyl groups is 1. The monoisotopic (exact) mass is 663 g/mol. The Kier molecular flexibility index (Phi) is 10.1. The normalized spacial score (nSPS) is 27.6. The van der Waals surface area contributed by atoms with Crippen LogP contribution in [0.15, 0.2) is 86.0 Å². The molecule has 3 amide bonds. The summed E-state index contributed by atoms with van der Waals surface area (Å²) in [5, 5.41) is 10.8. The Morgan fingerprint density at radius 3 is 2.34 bits per heavy atom. The van der Waals surface area contributed by atoms with Crippen LogP contribution in [0.25, 0.3) is 0 Å². The van der Waals surface area contributed by atoms with Gasteiger partial charge in [0.2, 0.25) is 17.7 Å². The Bertz CT molecular complexity index is 1360. The van der Waals surface area contributed by atoms with E-state index in [0.717, 1.165) is 19.3 Å². The summed E-state index contributed by atoms with van der Waals surface area (Å²) < 4.78 is 6.78. The number of amides is 3.